The van der Waals surface area contributed by atoms with Crippen LogP contribution in [0.5, 0.6) is 0 Å². The second-order valence-electron chi connectivity index (χ2n) is 6.93. The van der Waals surface area contributed by atoms with Crippen LogP contribution in [0.2, 0.25) is 0 Å². The minimum absolute atomic E-state index is 0.271. The number of fused-ring (bicyclic) bond motifs is 1. The molecule has 0 amide bonds. The Hall–Kier alpha value is -3.00. The number of aromatic amines is 1. The maximum absolute atomic E-state index is 5.51. The van der Waals surface area contributed by atoms with Crippen LogP contribution in [0.15, 0.2) is 36.7 Å². The van der Waals surface area contributed by atoms with Gasteiger partial charge in [0.05, 0.1) is 30.0 Å². The summed E-state index contributed by atoms with van der Waals surface area (Å²) < 4.78 is 9.19. The lowest BCUT2D eigenvalue weighted by molar-refractivity contribution is 0.193. The fraction of sp³-hybridized carbons (Fsp3) is 0.368. The lowest BCUT2D eigenvalue weighted by Gasteiger charge is -2.02. The molecule has 1 unspecified atom stereocenters. The number of hydrogen-bond donors (Lipinski definition) is 1. The number of ether oxygens (including phenoxy) is 1. The van der Waals surface area contributed by atoms with Crippen LogP contribution in [0.1, 0.15) is 29.8 Å². The third-order valence-electron chi connectivity index (χ3n) is 4.95. The summed E-state index contributed by atoms with van der Waals surface area (Å²) in [7, 11) is 1.90. The van der Waals surface area contributed by atoms with Crippen LogP contribution in [-0.2, 0) is 24.6 Å². The van der Waals surface area contributed by atoms with E-state index in [4.69, 9.17) is 14.8 Å². The van der Waals surface area contributed by atoms with Crippen molar-refractivity contribution in [2.75, 3.05) is 13.2 Å². The first kappa shape index (κ1) is 16.2. The van der Waals surface area contributed by atoms with E-state index >= 15 is 0 Å². The van der Waals surface area contributed by atoms with Crippen molar-refractivity contribution >= 4 is 11.0 Å². The van der Waals surface area contributed by atoms with Gasteiger partial charge in [0.25, 0.3) is 0 Å². The minimum atomic E-state index is 0.271. The first-order valence-corrected chi connectivity index (χ1v) is 9.22. The molecule has 0 bridgehead atoms. The highest BCUT2D eigenvalue weighted by atomic mass is 16.5. The van der Waals surface area contributed by atoms with Crippen molar-refractivity contribution in [3.05, 3.63) is 54.1 Å². The van der Waals surface area contributed by atoms with Crippen LogP contribution in [0.3, 0.4) is 0 Å². The van der Waals surface area contributed by atoms with Crippen molar-refractivity contribution in [1.82, 2.24) is 34.5 Å². The molecule has 8 heteroatoms. The number of para-hydroxylation sites is 2. The average Bonchev–Trinajstić information content (AvgIpc) is 3.44. The molecule has 1 atom stereocenters. The van der Waals surface area contributed by atoms with Gasteiger partial charge in [0.1, 0.15) is 17.3 Å². The van der Waals surface area contributed by atoms with Gasteiger partial charge in [-0.15, -0.1) is 0 Å². The lowest BCUT2D eigenvalue weighted by atomic mass is 10.1. The third-order valence-corrected chi connectivity index (χ3v) is 4.95. The number of aromatic nitrogens is 7. The zero-order valence-corrected chi connectivity index (χ0v) is 15.2. The number of H-pyrrole nitrogens is 1. The van der Waals surface area contributed by atoms with Gasteiger partial charge in [-0.25, -0.2) is 14.6 Å². The van der Waals surface area contributed by atoms with E-state index in [0.29, 0.717) is 6.61 Å². The molecule has 1 N–H and O–H groups in total. The average molecular weight is 363 g/mol. The van der Waals surface area contributed by atoms with Gasteiger partial charge in [0.2, 0.25) is 0 Å². The molecule has 8 nitrogen and oxygen atoms in total. The Bertz CT molecular complexity index is 1040. The van der Waals surface area contributed by atoms with Gasteiger partial charge in [0.15, 0.2) is 5.82 Å². The second-order valence-corrected chi connectivity index (χ2v) is 6.93. The van der Waals surface area contributed by atoms with E-state index < -0.39 is 0 Å². The molecule has 1 aromatic carbocycles. The van der Waals surface area contributed by atoms with Gasteiger partial charge in [0, 0.05) is 32.4 Å². The number of benzene rings is 1. The van der Waals surface area contributed by atoms with E-state index in [1.165, 1.54) is 0 Å². The number of nitrogens with zero attached hydrogens (tertiary/aromatic N) is 6. The van der Waals surface area contributed by atoms with Crippen LogP contribution in [0.25, 0.3) is 16.7 Å². The number of rotatable bonds is 5. The van der Waals surface area contributed by atoms with Gasteiger partial charge in [-0.2, -0.15) is 10.2 Å². The van der Waals surface area contributed by atoms with Crippen LogP contribution in [-0.4, -0.2) is 47.7 Å². The Morgan fingerprint density at radius 1 is 1.22 bits per heavy atom. The molecule has 138 valence electrons. The zero-order chi connectivity index (χ0) is 18.2. The van der Waals surface area contributed by atoms with Crippen molar-refractivity contribution in [1.29, 1.82) is 0 Å². The molecule has 27 heavy (non-hydrogen) atoms. The third kappa shape index (κ3) is 3.12. The van der Waals surface area contributed by atoms with Crippen LogP contribution in [0.4, 0.5) is 0 Å². The fourth-order valence-corrected chi connectivity index (χ4v) is 3.51. The number of aryl methyl sites for hydroxylation is 3. The fourth-order valence-electron chi connectivity index (χ4n) is 3.51. The highest BCUT2D eigenvalue weighted by Crippen LogP contribution is 2.24. The summed E-state index contributed by atoms with van der Waals surface area (Å²) in [5, 5.41) is 9.05. The van der Waals surface area contributed by atoms with Gasteiger partial charge >= 0.3 is 0 Å². The summed E-state index contributed by atoms with van der Waals surface area (Å²) in [4.78, 5) is 12.9. The summed E-state index contributed by atoms with van der Waals surface area (Å²) in [5.41, 5.74) is 2.98. The van der Waals surface area contributed by atoms with Crippen LogP contribution < -0.4 is 0 Å². The van der Waals surface area contributed by atoms with Crippen molar-refractivity contribution in [3.63, 3.8) is 0 Å². The highest BCUT2D eigenvalue weighted by molar-refractivity contribution is 5.74. The quantitative estimate of drug-likeness (QED) is 0.587. The molecule has 4 aromatic rings. The van der Waals surface area contributed by atoms with Crippen LogP contribution in [0, 0.1) is 0 Å². The molecule has 1 aliphatic rings. The van der Waals surface area contributed by atoms with E-state index in [1.807, 2.05) is 48.4 Å². The molecule has 0 aliphatic carbocycles. The topological polar surface area (TPSA) is 86.4 Å². The standard InChI is InChI=1S/C19H21N7O/c1-25-11-14(10-20-25)26-18(23-19(24-26)13-8-9-27-12-13)7-6-17-21-15-4-2-3-5-16(15)22-17/h2-5,10-11,13H,6-9,12H2,1H3,(H,21,22). The predicted octanol–water partition coefficient (Wildman–Crippen LogP) is 2.17. The van der Waals surface area contributed by atoms with E-state index in [2.05, 4.69) is 15.1 Å². The number of imidazole rings is 1. The number of nitrogens with one attached hydrogen (secondary N) is 1. The van der Waals surface area contributed by atoms with Crippen molar-refractivity contribution in [3.8, 4) is 5.69 Å². The monoisotopic (exact) mass is 363 g/mol. The SMILES string of the molecule is Cn1cc(-n2nc(C3CCOC3)nc2CCc2nc3ccccc3[nH]2)cn1. The molecule has 5 rings (SSSR count). The largest absolute Gasteiger partial charge is 0.381 e. The normalized spacial score (nSPS) is 17.1. The van der Waals surface area contributed by atoms with Gasteiger partial charge in [-0.05, 0) is 18.6 Å². The second kappa shape index (κ2) is 6.62. The summed E-state index contributed by atoms with van der Waals surface area (Å²) in [6, 6.07) is 8.08. The molecular weight excluding hydrogens is 342 g/mol. The Morgan fingerprint density at radius 2 is 2.15 bits per heavy atom. The predicted molar refractivity (Wildman–Crippen MR) is 99.8 cm³/mol. The molecule has 1 fully saturated rings. The minimum Gasteiger partial charge on any atom is -0.381 e. The van der Waals surface area contributed by atoms with Gasteiger partial charge < -0.3 is 9.72 Å². The first-order valence-electron chi connectivity index (χ1n) is 9.22. The Kier molecular flexibility index (Phi) is 3.97. The number of hydrogen-bond acceptors (Lipinski definition) is 5. The highest BCUT2D eigenvalue weighted by Gasteiger charge is 2.24. The molecule has 4 heterocycles. The van der Waals surface area contributed by atoms with Crippen molar-refractivity contribution < 1.29 is 4.74 Å². The summed E-state index contributed by atoms with van der Waals surface area (Å²) in [6.07, 6.45) is 6.26. The van der Waals surface area contributed by atoms with E-state index in [9.17, 15) is 0 Å². The maximum Gasteiger partial charge on any atom is 0.156 e. The molecule has 0 spiro atoms. The van der Waals surface area contributed by atoms with E-state index in [1.54, 1.807) is 4.68 Å². The summed E-state index contributed by atoms with van der Waals surface area (Å²) in [6.45, 7) is 1.47. The Morgan fingerprint density at radius 3 is 2.93 bits per heavy atom. The summed E-state index contributed by atoms with van der Waals surface area (Å²) in [5.74, 6) is 3.01. The Labute approximate surface area is 156 Å². The van der Waals surface area contributed by atoms with Crippen molar-refractivity contribution in [2.24, 2.45) is 7.05 Å². The zero-order valence-electron chi connectivity index (χ0n) is 15.2. The van der Waals surface area contributed by atoms with Crippen molar-refractivity contribution in [2.45, 2.75) is 25.2 Å². The molecule has 1 saturated heterocycles. The smallest absolute Gasteiger partial charge is 0.156 e. The Balaban J connectivity index is 1.44. The van der Waals surface area contributed by atoms with E-state index in [-0.39, 0.29) is 5.92 Å². The molecule has 1 aliphatic heterocycles. The first-order chi connectivity index (χ1) is 13.3. The molecule has 0 radical (unpaired) electrons. The molecule has 3 aromatic heterocycles. The van der Waals surface area contributed by atoms with Gasteiger partial charge in [-0.1, -0.05) is 12.1 Å². The van der Waals surface area contributed by atoms with Gasteiger partial charge in [-0.3, -0.25) is 4.68 Å². The maximum atomic E-state index is 5.51. The lowest BCUT2D eigenvalue weighted by Crippen LogP contribution is -2.05. The molecular formula is C19H21N7O. The van der Waals surface area contributed by atoms with E-state index in [0.717, 1.165) is 60.1 Å². The summed E-state index contributed by atoms with van der Waals surface area (Å²) >= 11 is 0. The van der Waals surface area contributed by atoms with Crippen LogP contribution >= 0.6 is 0 Å². The molecule has 0 saturated carbocycles.